The van der Waals surface area contributed by atoms with Crippen molar-refractivity contribution >= 4 is 28.1 Å². The first-order chi connectivity index (χ1) is 26.9. The largest absolute Gasteiger partial charge is 0.507 e. The minimum Gasteiger partial charge on any atom is -0.507 e. The van der Waals surface area contributed by atoms with Gasteiger partial charge in [-0.1, -0.05) is 139 Å². The summed E-state index contributed by atoms with van der Waals surface area (Å²) in [5, 5.41) is 11.9. The number of aryl methyl sites for hydroxylation is 1. The molecule has 1 N–H and O–H groups in total. The number of hydrogen-bond donors (Lipinski definition) is 1. The second-order valence-electron chi connectivity index (χ2n) is 16.6. The molecule has 8 rings (SSSR count). The van der Waals surface area contributed by atoms with Crippen molar-refractivity contribution in [2.75, 3.05) is 4.90 Å². The predicted octanol–water partition coefficient (Wildman–Crippen LogP) is 13.4. The third-order valence-electron chi connectivity index (χ3n) is 10.6. The highest BCUT2D eigenvalue weighted by Crippen LogP contribution is 2.44. The quantitative estimate of drug-likeness (QED) is 0.177. The number of imidazole rings is 1. The Morgan fingerprint density at radius 3 is 1.70 bits per heavy atom. The van der Waals surface area contributed by atoms with Crippen molar-refractivity contribution in [3.8, 4) is 50.8 Å². The molecule has 0 aliphatic heterocycles. The molecule has 2 heterocycles. The number of phenolic OH excluding ortho intramolecular Hbond substituents is 1. The van der Waals surface area contributed by atoms with Crippen LogP contribution in [0.15, 0.2) is 158 Å². The van der Waals surface area contributed by atoms with Crippen LogP contribution in [0.5, 0.6) is 5.75 Å². The predicted molar refractivity (Wildman–Crippen MR) is 234 cm³/mol. The normalized spacial score (nSPS) is 11.9. The monoisotopic (exact) mass is 732 g/mol. The Morgan fingerprint density at radius 1 is 0.500 bits per heavy atom. The van der Waals surface area contributed by atoms with Gasteiger partial charge in [-0.15, -0.1) is 0 Å². The van der Waals surface area contributed by atoms with E-state index in [1.165, 1.54) is 0 Å². The van der Waals surface area contributed by atoms with Crippen molar-refractivity contribution in [3.63, 3.8) is 0 Å². The number of phenols is 1. The molecular weight excluding hydrogens is 685 g/mol. The maximum atomic E-state index is 11.9. The summed E-state index contributed by atoms with van der Waals surface area (Å²) in [6, 6.07) is 54.9. The molecule has 0 radical (unpaired) electrons. The van der Waals surface area contributed by atoms with Gasteiger partial charge in [0, 0.05) is 40.8 Å². The first-order valence-electron chi connectivity index (χ1n) is 19.3. The fourth-order valence-corrected chi connectivity index (χ4v) is 7.49. The lowest BCUT2D eigenvalue weighted by atomic mass is 9.79. The summed E-state index contributed by atoms with van der Waals surface area (Å²) in [4.78, 5) is 13.0. The van der Waals surface area contributed by atoms with Crippen LogP contribution in [0.25, 0.3) is 56.1 Å². The van der Waals surface area contributed by atoms with Crippen LogP contribution in [0, 0.1) is 0 Å². The molecule has 0 saturated carbocycles. The van der Waals surface area contributed by atoms with E-state index in [1.54, 1.807) is 0 Å². The Bertz CT molecular complexity index is 2630. The van der Waals surface area contributed by atoms with Crippen LogP contribution in [0.2, 0.25) is 0 Å². The van der Waals surface area contributed by atoms with Crippen molar-refractivity contribution in [1.82, 2.24) is 14.5 Å². The molecule has 6 aromatic carbocycles. The van der Waals surface area contributed by atoms with E-state index in [4.69, 9.17) is 9.97 Å². The number of para-hydroxylation sites is 3. The van der Waals surface area contributed by atoms with Gasteiger partial charge in [-0.05, 0) is 88.2 Å². The lowest BCUT2D eigenvalue weighted by molar-refractivity contribution is 0.446. The summed E-state index contributed by atoms with van der Waals surface area (Å²) in [5.41, 5.74) is 13.2. The van der Waals surface area contributed by atoms with Gasteiger partial charge in [0.2, 0.25) is 0 Å². The lowest BCUT2D eigenvalue weighted by Crippen LogP contribution is -2.17. The molecule has 0 saturated heterocycles. The molecule has 0 aliphatic carbocycles. The smallest absolute Gasteiger partial charge is 0.144 e. The van der Waals surface area contributed by atoms with Crippen LogP contribution < -0.4 is 4.90 Å². The fourth-order valence-electron chi connectivity index (χ4n) is 7.49. The van der Waals surface area contributed by atoms with Gasteiger partial charge < -0.3 is 14.6 Å². The van der Waals surface area contributed by atoms with Crippen LogP contribution in [-0.4, -0.2) is 19.6 Å². The molecule has 278 valence electrons. The maximum absolute atomic E-state index is 11.9. The van der Waals surface area contributed by atoms with Crippen LogP contribution in [0.4, 0.5) is 17.1 Å². The van der Waals surface area contributed by atoms with Crippen molar-refractivity contribution in [2.24, 2.45) is 7.05 Å². The molecular formula is C51H48N4O. The van der Waals surface area contributed by atoms with Crippen molar-refractivity contribution in [1.29, 1.82) is 0 Å². The van der Waals surface area contributed by atoms with Crippen LogP contribution in [-0.2, 0) is 17.9 Å². The zero-order valence-electron chi connectivity index (χ0n) is 33.2. The molecule has 0 unspecified atom stereocenters. The summed E-state index contributed by atoms with van der Waals surface area (Å²) >= 11 is 0. The van der Waals surface area contributed by atoms with Crippen LogP contribution in [0.1, 0.15) is 52.7 Å². The van der Waals surface area contributed by atoms with Gasteiger partial charge in [-0.25, -0.2) is 9.97 Å². The average Bonchev–Trinajstić information content (AvgIpc) is 3.54. The molecule has 0 fully saturated rings. The summed E-state index contributed by atoms with van der Waals surface area (Å²) in [6.07, 6.45) is 0. The number of anilines is 3. The number of rotatable bonds is 7. The van der Waals surface area contributed by atoms with Gasteiger partial charge in [0.05, 0.1) is 28.0 Å². The highest BCUT2D eigenvalue weighted by Gasteiger charge is 2.28. The topological polar surface area (TPSA) is 54.2 Å². The molecule has 0 spiro atoms. The van der Waals surface area contributed by atoms with E-state index in [-0.39, 0.29) is 16.6 Å². The van der Waals surface area contributed by atoms with Crippen LogP contribution in [0.3, 0.4) is 0 Å². The van der Waals surface area contributed by atoms with E-state index in [0.717, 1.165) is 84.3 Å². The Balaban J connectivity index is 1.31. The lowest BCUT2D eigenvalue weighted by Gasteiger charge is -2.27. The molecule has 0 aliphatic rings. The third-order valence-corrected chi connectivity index (χ3v) is 10.6. The number of pyridine rings is 1. The number of nitrogens with zero attached hydrogens (tertiary/aromatic N) is 4. The number of benzene rings is 6. The van der Waals surface area contributed by atoms with E-state index in [9.17, 15) is 5.11 Å². The molecule has 2 aromatic heterocycles. The van der Waals surface area contributed by atoms with Gasteiger partial charge in [0.1, 0.15) is 11.6 Å². The Kier molecular flexibility index (Phi) is 9.33. The second-order valence-corrected chi connectivity index (χ2v) is 16.6. The van der Waals surface area contributed by atoms with Crippen molar-refractivity contribution in [2.45, 2.75) is 52.4 Å². The first-order valence-corrected chi connectivity index (χ1v) is 19.3. The molecule has 8 aromatic rings. The summed E-state index contributed by atoms with van der Waals surface area (Å²) in [5.74, 6) is 0.993. The zero-order chi connectivity index (χ0) is 39.2. The number of aromatic hydroxyl groups is 1. The highest BCUT2D eigenvalue weighted by molar-refractivity contribution is 5.95. The minimum atomic E-state index is -0.259. The van der Waals surface area contributed by atoms with E-state index < -0.39 is 0 Å². The van der Waals surface area contributed by atoms with Gasteiger partial charge in [-0.3, -0.25) is 0 Å². The summed E-state index contributed by atoms with van der Waals surface area (Å²) in [7, 11) is 2.03. The number of aromatic nitrogens is 3. The summed E-state index contributed by atoms with van der Waals surface area (Å²) in [6.45, 7) is 13.1. The van der Waals surface area contributed by atoms with E-state index in [2.05, 4.69) is 191 Å². The van der Waals surface area contributed by atoms with Gasteiger partial charge >= 0.3 is 0 Å². The van der Waals surface area contributed by atoms with E-state index in [0.29, 0.717) is 0 Å². The van der Waals surface area contributed by atoms with Crippen molar-refractivity contribution < 1.29 is 5.11 Å². The molecule has 0 bridgehead atoms. The fraction of sp³-hybridized carbons (Fsp3) is 0.176. The number of hydrogen-bond acceptors (Lipinski definition) is 4. The van der Waals surface area contributed by atoms with Gasteiger partial charge in [0.15, 0.2) is 0 Å². The van der Waals surface area contributed by atoms with Gasteiger partial charge in [0.25, 0.3) is 0 Å². The summed E-state index contributed by atoms with van der Waals surface area (Å²) < 4.78 is 2.10. The number of fused-ring (bicyclic) bond motifs is 1. The Hall–Kier alpha value is -6.46. The van der Waals surface area contributed by atoms with E-state index in [1.807, 2.05) is 25.2 Å². The third kappa shape index (κ3) is 6.97. The highest BCUT2D eigenvalue weighted by atomic mass is 16.3. The second kappa shape index (κ2) is 14.3. The Morgan fingerprint density at radius 2 is 1.07 bits per heavy atom. The maximum Gasteiger partial charge on any atom is 0.144 e. The Labute approximate surface area is 330 Å². The molecule has 5 heteroatoms. The molecule has 0 amide bonds. The molecule has 56 heavy (non-hydrogen) atoms. The average molecular weight is 733 g/mol. The SMILES string of the molecule is Cn1c(-c2cc(C(C)(C)C)cc(C(C)(C)C)c2O)nc2c(-c3cc(-c4ccccc4)cc(-c4cccc(N(c5ccccc5)c5ccccc5)c4)n3)cccc21. The van der Waals surface area contributed by atoms with Crippen molar-refractivity contribution in [3.05, 3.63) is 169 Å². The minimum absolute atomic E-state index is 0.118. The standard InChI is InChI=1S/C51H48N4O/c1-50(2,3)37-32-42(48(56)43(33-37)51(4,5)6)49-53-47-41(27-18-28-46(47)54(49)7)45-31-36(34-19-11-8-12-20-34)30-44(52-45)35-21-17-26-40(29-35)55(38-22-13-9-14-23-38)39-24-15-10-16-25-39/h8-33,56H,1-7H3. The van der Waals surface area contributed by atoms with Crippen LogP contribution >= 0.6 is 0 Å². The molecule has 0 atom stereocenters. The zero-order valence-corrected chi connectivity index (χ0v) is 33.2. The van der Waals surface area contributed by atoms with E-state index >= 15 is 0 Å². The van der Waals surface area contributed by atoms with Gasteiger partial charge in [-0.2, -0.15) is 0 Å². The molecule has 5 nitrogen and oxygen atoms in total. The first kappa shape index (κ1) is 36.5.